The summed E-state index contributed by atoms with van der Waals surface area (Å²) in [7, 11) is 0. The molecule has 0 unspecified atom stereocenters. The van der Waals surface area contributed by atoms with E-state index in [1.54, 1.807) is 25.1 Å². The lowest BCUT2D eigenvalue weighted by molar-refractivity contribution is -0.611. The molecular weight excluding hydrogens is 463 g/mol. The summed E-state index contributed by atoms with van der Waals surface area (Å²) in [6.07, 6.45) is 5.72. The van der Waals surface area contributed by atoms with Gasteiger partial charge >= 0.3 is 0 Å². The normalized spacial score (nSPS) is 16.2. The molecule has 3 aromatic rings. The number of nitrogens with one attached hydrogen (secondary N) is 2. The quantitative estimate of drug-likeness (QED) is 0.371. The van der Waals surface area contributed by atoms with Crippen LogP contribution in [-0.2, 0) is 11.2 Å². The van der Waals surface area contributed by atoms with E-state index in [9.17, 15) is 19.2 Å². The first-order chi connectivity index (χ1) is 17.3. The number of aromatic nitrogens is 2. The maximum absolute atomic E-state index is 13.6. The fraction of sp³-hybridized carbons (Fsp3) is 0.333. The largest absolute Gasteiger partial charge is 0.618 e. The number of carbonyl (C=O) groups excluding carboxylic acids is 2. The van der Waals surface area contributed by atoms with Gasteiger partial charge in [0.1, 0.15) is 17.9 Å². The third-order valence-electron chi connectivity index (χ3n) is 6.65. The van der Waals surface area contributed by atoms with Gasteiger partial charge in [-0.1, -0.05) is 30.3 Å². The molecular formula is C27H29FN4O4. The van der Waals surface area contributed by atoms with Crippen molar-refractivity contribution in [1.82, 2.24) is 10.5 Å². The van der Waals surface area contributed by atoms with Gasteiger partial charge in [0.05, 0.1) is 17.1 Å². The highest BCUT2D eigenvalue weighted by Gasteiger charge is 2.32. The third-order valence-corrected chi connectivity index (χ3v) is 6.65. The molecule has 1 aliphatic rings. The van der Waals surface area contributed by atoms with E-state index in [0.29, 0.717) is 36.3 Å². The first-order valence-corrected chi connectivity index (χ1v) is 12.0. The summed E-state index contributed by atoms with van der Waals surface area (Å²) in [5.41, 5.74) is 4.58. The zero-order valence-corrected chi connectivity index (χ0v) is 20.5. The minimum Gasteiger partial charge on any atom is -0.618 e. The van der Waals surface area contributed by atoms with Crippen LogP contribution >= 0.6 is 0 Å². The zero-order chi connectivity index (χ0) is 25.8. The molecule has 1 aromatic carbocycles. The highest BCUT2D eigenvalue weighted by molar-refractivity contribution is 6.01. The van der Waals surface area contributed by atoms with Crippen LogP contribution in [0.15, 0.2) is 59.2 Å². The lowest BCUT2D eigenvalue weighted by Crippen LogP contribution is -2.49. The van der Waals surface area contributed by atoms with E-state index < -0.39 is 17.9 Å². The van der Waals surface area contributed by atoms with Crippen molar-refractivity contribution in [2.75, 3.05) is 5.32 Å². The number of allylic oxidation sites excluding steroid dienone is 2. The smallest absolute Gasteiger partial charge is 0.257 e. The van der Waals surface area contributed by atoms with Gasteiger partial charge in [-0.2, -0.15) is 4.73 Å². The van der Waals surface area contributed by atoms with E-state index in [1.165, 1.54) is 18.5 Å². The molecule has 2 amide bonds. The molecule has 4 rings (SSSR count). The van der Waals surface area contributed by atoms with Crippen molar-refractivity contribution < 1.29 is 23.2 Å². The van der Waals surface area contributed by atoms with Gasteiger partial charge in [0, 0.05) is 18.7 Å². The minimum absolute atomic E-state index is 0.203. The Morgan fingerprint density at radius 1 is 1.25 bits per heavy atom. The van der Waals surface area contributed by atoms with Gasteiger partial charge in [-0.05, 0) is 61.8 Å². The zero-order valence-electron chi connectivity index (χ0n) is 20.5. The fourth-order valence-corrected chi connectivity index (χ4v) is 4.59. The molecule has 188 valence electrons. The van der Waals surface area contributed by atoms with Crippen LogP contribution in [0.25, 0.3) is 11.1 Å². The highest BCUT2D eigenvalue weighted by atomic mass is 19.1. The summed E-state index contributed by atoms with van der Waals surface area (Å²) in [4.78, 5) is 26.3. The van der Waals surface area contributed by atoms with Crippen LogP contribution in [0.4, 0.5) is 10.1 Å². The highest BCUT2D eigenvalue weighted by Crippen LogP contribution is 2.29. The Morgan fingerprint density at radius 3 is 2.67 bits per heavy atom. The predicted octanol–water partition coefficient (Wildman–Crippen LogP) is 4.54. The average molecular weight is 493 g/mol. The summed E-state index contributed by atoms with van der Waals surface area (Å²) in [6.45, 7) is 5.55. The van der Waals surface area contributed by atoms with E-state index in [2.05, 4.69) is 15.8 Å². The summed E-state index contributed by atoms with van der Waals surface area (Å²) < 4.78 is 19.4. The van der Waals surface area contributed by atoms with Crippen LogP contribution in [0.5, 0.6) is 0 Å². The lowest BCUT2D eigenvalue weighted by atomic mass is 9.86. The van der Waals surface area contributed by atoms with E-state index in [-0.39, 0.29) is 23.7 Å². The van der Waals surface area contributed by atoms with Crippen LogP contribution in [0.3, 0.4) is 0 Å². The van der Waals surface area contributed by atoms with Crippen molar-refractivity contribution in [3.8, 4) is 11.1 Å². The van der Waals surface area contributed by atoms with Crippen LogP contribution < -0.4 is 15.4 Å². The van der Waals surface area contributed by atoms with Gasteiger partial charge in [-0.3, -0.25) is 9.59 Å². The Kier molecular flexibility index (Phi) is 7.47. The average Bonchev–Trinajstić information content (AvgIpc) is 3.36. The summed E-state index contributed by atoms with van der Waals surface area (Å²) in [5, 5.41) is 21.5. The van der Waals surface area contributed by atoms with Gasteiger partial charge in [-0.15, -0.1) is 0 Å². The monoisotopic (exact) mass is 492 g/mol. The number of benzene rings is 1. The molecule has 36 heavy (non-hydrogen) atoms. The van der Waals surface area contributed by atoms with Crippen molar-refractivity contribution in [2.24, 2.45) is 5.92 Å². The van der Waals surface area contributed by atoms with Gasteiger partial charge in [0.2, 0.25) is 5.91 Å². The Labute approximate surface area is 208 Å². The third kappa shape index (κ3) is 5.30. The van der Waals surface area contributed by atoms with Crippen LogP contribution in [0.2, 0.25) is 0 Å². The molecule has 0 bridgehead atoms. The number of nitrogens with zero attached hydrogens (tertiary/aromatic N) is 2. The van der Waals surface area contributed by atoms with Crippen LogP contribution in [0, 0.1) is 25.0 Å². The number of hydrogen-bond acceptors (Lipinski definition) is 5. The fourth-order valence-electron chi connectivity index (χ4n) is 4.59. The number of rotatable bonds is 7. The molecule has 0 radical (unpaired) electrons. The van der Waals surface area contributed by atoms with Gasteiger partial charge in [0.15, 0.2) is 11.9 Å². The van der Waals surface area contributed by atoms with Crippen LogP contribution in [-0.4, -0.2) is 23.0 Å². The number of halogens is 1. The second kappa shape index (κ2) is 10.7. The first kappa shape index (κ1) is 25.1. The van der Waals surface area contributed by atoms with Gasteiger partial charge in [0.25, 0.3) is 5.91 Å². The van der Waals surface area contributed by atoms with E-state index >= 15 is 0 Å². The number of pyridine rings is 1. The number of amides is 2. The molecule has 0 fully saturated rings. The maximum Gasteiger partial charge on any atom is 0.257 e. The Hall–Kier alpha value is -4.01. The molecule has 0 spiro atoms. The molecule has 2 heterocycles. The molecule has 2 N–H and O–H groups in total. The molecule has 0 saturated carbocycles. The van der Waals surface area contributed by atoms with E-state index in [0.717, 1.165) is 21.4 Å². The Balaban J connectivity index is 1.54. The summed E-state index contributed by atoms with van der Waals surface area (Å²) in [6, 6.07) is 8.06. The first-order valence-electron chi connectivity index (χ1n) is 12.0. The van der Waals surface area contributed by atoms with Crippen molar-refractivity contribution in [3.05, 3.63) is 82.4 Å². The second-order valence-corrected chi connectivity index (χ2v) is 9.02. The number of aryl methyl sites for hydroxylation is 2. The Morgan fingerprint density at radius 2 is 2.00 bits per heavy atom. The SMILES string of the molecule is CCc1nocc1C(=O)N[C@H](C(=O)Nc1ccc(-c2c(C)cc[n+]([O-])c2C)cc1)[C@@H]1CC=C(F)CC1. The number of carbonyl (C=O) groups is 2. The standard InChI is InChI=1S/C27H29FN4O4/c1-4-23-22(15-36-31-23)26(33)30-25(19-5-9-20(28)10-6-19)27(34)29-21-11-7-18(8-12-21)24-16(2)13-14-32(35)17(24)3/h7-9,11-15,19,25H,4-6,10H2,1-3H3,(H,29,34)(H,30,33)/t19-,25+/m1/s1. The van der Waals surface area contributed by atoms with Crippen molar-refractivity contribution >= 4 is 17.5 Å². The predicted molar refractivity (Wildman–Crippen MR) is 133 cm³/mol. The molecule has 0 saturated heterocycles. The second-order valence-electron chi connectivity index (χ2n) is 9.02. The van der Waals surface area contributed by atoms with Crippen molar-refractivity contribution in [3.63, 3.8) is 0 Å². The molecule has 0 aliphatic heterocycles. The van der Waals surface area contributed by atoms with Crippen molar-refractivity contribution in [1.29, 1.82) is 0 Å². The van der Waals surface area contributed by atoms with E-state index in [1.807, 2.05) is 26.0 Å². The molecule has 2 aromatic heterocycles. The molecule has 9 heteroatoms. The molecule has 2 atom stereocenters. The van der Waals surface area contributed by atoms with Crippen molar-refractivity contribution in [2.45, 2.75) is 52.5 Å². The van der Waals surface area contributed by atoms with E-state index in [4.69, 9.17) is 4.52 Å². The topological polar surface area (TPSA) is 111 Å². The number of anilines is 1. The lowest BCUT2D eigenvalue weighted by Gasteiger charge is -2.28. The number of hydrogen-bond donors (Lipinski definition) is 2. The summed E-state index contributed by atoms with van der Waals surface area (Å²) >= 11 is 0. The van der Waals surface area contributed by atoms with Gasteiger partial charge in [-0.25, -0.2) is 4.39 Å². The minimum atomic E-state index is -0.876. The van der Waals surface area contributed by atoms with Crippen LogP contribution in [0.1, 0.15) is 53.5 Å². The Bertz CT molecular complexity index is 1300. The molecule has 8 nitrogen and oxygen atoms in total. The molecule has 1 aliphatic carbocycles. The van der Waals surface area contributed by atoms with Gasteiger partial charge < -0.3 is 20.4 Å². The maximum atomic E-state index is 13.6. The summed E-state index contributed by atoms with van der Waals surface area (Å²) in [5.74, 6) is -1.32.